The Bertz CT molecular complexity index is 258. The first-order valence-electron chi connectivity index (χ1n) is 2.85. The Morgan fingerprint density at radius 3 is 2.36 bits per heavy atom. The van der Waals surface area contributed by atoms with E-state index in [2.05, 4.69) is 17.4 Å². The Kier molecular flexibility index (Phi) is 2.48. The molecule has 11 heavy (non-hydrogen) atoms. The van der Waals surface area contributed by atoms with Crippen molar-refractivity contribution in [3.05, 3.63) is 30.1 Å². The summed E-state index contributed by atoms with van der Waals surface area (Å²) in [4.78, 5) is 10.2. The lowest BCUT2D eigenvalue weighted by Crippen LogP contribution is -1.95. The highest BCUT2D eigenvalue weighted by Gasteiger charge is 1.97. The average Bonchev–Trinajstić information content (AvgIpc) is 1.93. The first-order chi connectivity index (χ1) is 5.18. The summed E-state index contributed by atoms with van der Waals surface area (Å²) >= 11 is 3.38. The van der Waals surface area contributed by atoms with E-state index in [9.17, 15) is 9.18 Å². The highest BCUT2D eigenvalue weighted by Crippen LogP contribution is 2.11. The molecule has 0 bridgehead atoms. The molecule has 58 valence electrons. The maximum atomic E-state index is 12.3. The van der Waals surface area contributed by atoms with Gasteiger partial charge < -0.3 is 4.74 Å². The predicted octanol–water partition coefficient (Wildman–Crippen LogP) is 2.25. The number of thiol groups is 1. The lowest BCUT2D eigenvalue weighted by atomic mass is 10.3. The highest BCUT2D eigenvalue weighted by atomic mass is 32.1. The minimum absolute atomic E-state index is 0.284. The van der Waals surface area contributed by atoms with Crippen molar-refractivity contribution in [2.75, 3.05) is 0 Å². The van der Waals surface area contributed by atoms with E-state index in [0.29, 0.717) is 0 Å². The van der Waals surface area contributed by atoms with Gasteiger partial charge in [-0.1, -0.05) is 12.6 Å². The molecule has 0 N–H and O–H groups in total. The Morgan fingerprint density at radius 1 is 1.36 bits per heavy atom. The Balaban J connectivity index is 2.74. The van der Waals surface area contributed by atoms with Crippen LogP contribution >= 0.6 is 12.6 Å². The maximum absolute atomic E-state index is 12.3. The number of rotatable bonds is 1. The molecule has 1 aromatic carbocycles. The lowest BCUT2D eigenvalue weighted by molar-refractivity contribution is 0.227. The molecule has 0 radical (unpaired) electrons. The summed E-state index contributed by atoms with van der Waals surface area (Å²) in [6.07, 6.45) is 0. The summed E-state index contributed by atoms with van der Waals surface area (Å²) in [7, 11) is 0. The van der Waals surface area contributed by atoms with Crippen molar-refractivity contribution in [1.82, 2.24) is 0 Å². The van der Waals surface area contributed by atoms with Gasteiger partial charge in [-0.3, -0.25) is 0 Å². The first kappa shape index (κ1) is 8.07. The van der Waals surface area contributed by atoms with Crippen LogP contribution in [0.5, 0.6) is 5.75 Å². The fourth-order valence-corrected chi connectivity index (χ4v) is 0.709. The third kappa shape index (κ3) is 2.59. The van der Waals surface area contributed by atoms with Crippen LogP contribution in [0.15, 0.2) is 24.3 Å². The fourth-order valence-electron chi connectivity index (χ4n) is 0.603. The van der Waals surface area contributed by atoms with Crippen molar-refractivity contribution in [2.45, 2.75) is 0 Å². The number of hydrogen-bond donors (Lipinski definition) is 1. The molecule has 0 atom stereocenters. The van der Waals surface area contributed by atoms with Crippen LogP contribution in [0.4, 0.5) is 9.18 Å². The molecule has 2 nitrogen and oxygen atoms in total. The molecule has 4 heteroatoms. The van der Waals surface area contributed by atoms with Crippen molar-refractivity contribution in [2.24, 2.45) is 0 Å². The topological polar surface area (TPSA) is 26.3 Å². The number of carbonyl (C=O) groups is 1. The van der Waals surface area contributed by atoms with Crippen LogP contribution < -0.4 is 4.74 Å². The largest absolute Gasteiger partial charge is 0.419 e. The Hall–Kier alpha value is -1.03. The second kappa shape index (κ2) is 3.39. The Morgan fingerprint density at radius 2 is 1.91 bits per heavy atom. The van der Waals surface area contributed by atoms with Crippen molar-refractivity contribution >= 4 is 17.9 Å². The zero-order chi connectivity index (χ0) is 8.27. The summed E-state index contributed by atoms with van der Waals surface area (Å²) < 4.78 is 16.8. The van der Waals surface area contributed by atoms with E-state index < -0.39 is 5.30 Å². The number of carbonyl (C=O) groups excluding carboxylic acids is 1. The zero-order valence-electron chi connectivity index (χ0n) is 5.45. The van der Waals surface area contributed by atoms with Crippen LogP contribution in [0, 0.1) is 5.82 Å². The van der Waals surface area contributed by atoms with Crippen LogP contribution in [-0.2, 0) is 0 Å². The molecule has 0 amide bonds. The van der Waals surface area contributed by atoms with Gasteiger partial charge in [-0.2, -0.15) is 0 Å². The highest BCUT2D eigenvalue weighted by molar-refractivity contribution is 7.96. The van der Waals surface area contributed by atoms with Gasteiger partial charge in [0.15, 0.2) is 0 Å². The van der Waals surface area contributed by atoms with E-state index in [1.165, 1.54) is 24.3 Å². The second-order valence-electron chi connectivity index (χ2n) is 1.82. The predicted molar refractivity (Wildman–Crippen MR) is 41.4 cm³/mol. The summed E-state index contributed by atoms with van der Waals surface area (Å²) in [6.45, 7) is 0. The third-order valence-corrected chi connectivity index (χ3v) is 1.11. The molecular weight excluding hydrogens is 167 g/mol. The van der Waals surface area contributed by atoms with Crippen molar-refractivity contribution in [3.63, 3.8) is 0 Å². The standard InChI is InChI=1S/C7H5FO2S/c8-5-1-3-6(4-2-5)10-7(9)11/h1-4H,(H,9,11). The van der Waals surface area contributed by atoms with Crippen LogP contribution in [0.2, 0.25) is 0 Å². The number of hydrogen-bond acceptors (Lipinski definition) is 2. The molecule has 0 aromatic heterocycles. The van der Waals surface area contributed by atoms with Crippen LogP contribution in [0.1, 0.15) is 0 Å². The van der Waals surface area contributed by atoms with Gasteiger partial charge in [-0.05, 0) is 24.3 Å². The summed E-state index contributed by atoms with van der Waals surface area (Å²) in [6, 6.07) is 5.10. The van der Waals surface area contributed by atoms with Gasteiger partial charge in [0.1, 0.15) is 11.6 Å². The number of ether oxygens (including phenoxy) is 1. The monoisotopic (exact) mass is 172 g/mol. The van der Waals surface area contributed by atoms with Gasteiger partial charge >= 0.3 is 5.30 Å². The lowest BCUT2D eigenvalue weighted by Gasteiger charge is -1.97. The molecule has 0 aliphatic rings. The van der Waals surface area contributed by atoms with Crippen LogP contribution in [-0.4, -0.2) is 5.30 Å². The van der Waals surface area contributed by atoms with Gasteiger partial charge in [0.2, 0.25) is 0 Å². The van der Waals surface area contributed by atoms with Gasteiger partial charge in [0.05, 0.1) is 0 Å². The maximum Gasteiger partial charge on any atom is 0.369 e. The first-order valence-corrected chi connectivity index (χ1v) is 3.29. The van der Waals surface area contributed by atoms with Gasteiger partial charge in [0.25, 0.3) is 0 Å². The van der Waals surface area contributed by atoms with E-state index in [1.54, 1.807) is 0 Å². The minimum atomic E-state index is -0.711. The van der Waals surface area contributed by atoms with E-state index >= 15 is 0 Å². The second-order valence-corrected chi connectivity index (χ2v) is 2.19. The number of benzene rings is 1. The van der Waals surface area contributed by atoms with Crippen LogP contribution in [0.25, 0.3) is 0 Å². The molecule has 0 spiro atoms. The van der Waals surface area contributed by atoms with Gasteiger partial charge in [-0.25, -0.2) is 9.18 Å². The molecule has 0 saturated carbocycles. The molecule has 0 saturated heterocycles. The minimum Gasteiger partial charge on any atom is -0.419 e. The van der Waals surface area contributed by atoms with E-state index in [4.69, 9.17) is 0 Å². The molecule has 0 unspecified atom stereocenters. The summed E-state index contributed by atoms with van der Waals surface area (Å²) in [5, 5.41) is -0.711. The normalized spacial score (nSPS) is 9.27. The zero-order valence-corrected chi connectivity index (χ0v) is 6.35. The van der Waals surface area contributed by atoms with Crippen molar-refractivity contribution < 1.29 is 13.9 Å². The molecule has 0 heterocycles. The molecular formula is C7H5FO2S. The van der Waals surface area contributed by atoms with Crippen molar-refractivity contribution in [3.8, 4) is 5.75 Å². The smallest absolute Gasteiger partial charge is 0.369 e. The SMILES string of the molecule is O=C(S)Oc1ccc(F)cc1. The quantitative estimate of drug-likeness (QED) is 0.519. The van der Waals surface area contributed by atoms with Crippen molar-refractivity contribution in [1.29, 1.82) is 0 Å². The molecule has 0 aliphatic carbocycles. The van der Waals surface area contributed by atoms with Crippen LogP contribution in [0.3, 0.4) is 0 Å². The van der Waals surface area contributed by atoms with Gasteiger partial charge in [0, 0.05) is 0 Å². The summed E-state index contributed by atoms with van der Waals surface area (Å²) in [5.74, 6) is -0.0876. The van der Waals surface area contributed by atoms with E-state index in [-0.39, 0.29) is 11.6 Å². The third-order valence-electron chi connectivity index (χ3n) is 1.02. The molecule has 1 aromatic rings. The fraction of sp³-hybridized carbons (Fsp3) is 0. The molecule has 0 fully saturated rings. The summed E-state index contributed by atoms with van der Waals surface area (Å²) in [5.41, 5.74) is 0. The van der Waals surface area contributed by atoms with E-state index in [0.717, 1.165) is 0 Å². The van der Waals surface area contributed by atoms with E-state index in [1.807, 2.05) is 0 Å². The Labute approximate surface area is 68.4 Å². The average molecular weight is 172 g/mol. The molecule has 0 aliphatic heterocycles. The van der Waals surface area contributed by atoms with Gasteiger partial charge in [-0.15, -0.1) is 0 Å². The number of halogens is 1. The molecule has 1 rings (SSSR count).